The zero-order chi connectivity index (χ0) is 13.8. The summed E-state index contributed by atoms with van der Waals surface area (Å²) in [6, 6.07) is 0.111. The van der Waals surface area contributed by atoms with Crippen LogP contribution in [0.15, 0.2) is 0 Å². The van der Waals surface area contributed by atoms with Crippen molar-refractivity contribution in [2.45, 2.75) is 44.0 Å². The van der Waals surface area contributed by atoms with Crippen LogP contribution in [0.4, 0.5) is 13.2 Å². The van der Waals surface area contributed by atoms with Crippen LogP contribution in [0.5, 0.6) is 0 Å². The van der Waals surface area contributed by atoms with Gasteiger partial charge in [0, 0.05) is 19.1 Å². The van der Waals surface area contributed by atoms with Crippen molar-refractivity contribution < 1.29 is 18.3 Å². The van der Waals surface area contributed by atoms with Crippen molar-refractivity contribution in [3.05, 3.63) is 0 Å². The first-order chi connectivity index (χ1) is 8.29. The Hall–Kier alpha value is -0.330. The average molecular weight is 268 g/mol. The van der Waals surface area contributed by atoms with E-state index in [1.807, 2.05) is 19.0 Å². The van der Waals surface area contributed by atoms with Crippen LogP contribution in [0.2, 0.25) is 0 Å². The Kier molecular flexibility index (Phi) is 5.88. The van der Waals surface area contributed by atoms with Gasteiger partial charge in [0.2, 0.25) is 0 Å². The van der Waals surface area contributed by atoms with Crippen LogP contribution in [0.25, 0.3) is 0 Å². The Labute approximate surface area is 106 Å². The molecule has 1 aliphatic rings. The van der Waals surface area contributed by atoms with E-state index < -0.39 is 18.2 Å². The molecule has 0 aromatic carbocycles. The molecular weight excluding hydrogens is 245 g/mol. The van der Waals surface area contributed by atoms with Gasteiger partial charge in [-0.25, -0.2) is 0 Å². The van der Waals surface area contributed by atoms with Gasteiger partial charge in [-0.05, 0) is 39.8 Å². The summed E-state index contributed by atoms with van der Waals surface area (Å²) in [5.74, 6) is -1.14. The van der Waals surface area contributed by atoms with Gasteiger partial charge < -0.3 is 15.3 Å². The second-order valence-corrected chi connectivity index (χ2v) is 5.41. The second-order valence-electron chi connectivity index (χ2n) is 5.41. The number of hydrogen-bond donors (Lipinski definition) is 2. The maximum atomic E-state index is 12.5. The predicted molar refractivity (Wildman–Crippen MR) is 64.4 cm³/mol. The molecule has 1 rings (SSSR count). The first-order valence-electron chi connectivity index (χ1n) is 6.42. The monoisotopic (exact) mass is 268 g/mol. The fourth-order valence-corrected chi connectivity index (χ4v) is 2.41. The summed E-state index contributed by atoms with van der Waals surface area (Å²) in [7, 11) is 3.75. The van der Waals surface area contributed by atoms with E-state index in [1.165, 1.54) is 0 Å². The Balaban J connectivity index is 2.20. The molecule has 0 aliphatic heterocycles. The fraction of sp³-hybridized carbons (Fsp3) is 1.00. The molecule has 0 aromatic heterocycles. The van der Waals surface area contributed by atoms with Gasteiger partial charge >= 0.3 is 6.18 Å². The number of nitrogens with one attached hydrogen (secondary N) is 1. The lowest BCUT2D eigenvalue weighted by atomic mass is 9.85. The molecule has 0 unspecified atom stereocenters. The van der Waals surface area contributed by atoms with Crippen LogP contribution >= 0.6 is 0 Å². The molecule has 2 N–H and O–H groups in total. The highest BCUT2D eigenvalue weighted by Gasteiger charge is 2.41. The molecule has 1 saturated carbocycles. The van der Waals surface area contributed by atoms with Crippen molar-refractivity contribution in [3.8, 4) is 0 Å². The van der Waals surface area contributed by atoms with E-state index in [9.17, 15) is 18.3 Å². The minimum absolute atomic E-state index is 0.111. The lowest BCUT2D eigenvalue weighted by molar-refractivity contribution is -0.182. The smallest absolute Gasteiger partial charge is 0.390 e. The number of halogens is 3. The van der Waals surface area contributed by atoms with E-state index in [0.717, 1.165) is 0 Å². The Morgan fingerprint density at radius 3 is 2.22 bits per heavy atom. The SMILES string of the molecule is CN(C)C[C@H](O)CNC1CCC(C(F)(F)F)CC1. The summed E-state index contributed by atoms with van der Waals surface area (Å²) in [5.41, 5.74) is 0. The molecule has 1 fully saturated rings. The Morgan fingerprint density at radius 1 is 1.22 bits per heavy atom. The molecular formula is C12H23F3N2O. The summed E-state index contributed by atoms with van der Waals surface area (Å²) in [4.78, 5) is 1.88. The molecule has 0 heterocycles. The van der Waals surface area contributed by atoms with Gasteiger partial charge in [-0.3, -0.25) is 0 Å². The molecule has 3 nitrogen and oxygen atoms in total. The van der Waals surface area contributed by atoms with Crippen molar-refractivity contribution in [1.29, 1.82) is 0 Å². The number of likely N-dealkylation sites (N-methyl/N-ethyl adjacent to an activating group) is 1. The molecule has 0 spiro atoms. The van der Waals surface area contributed by atoms with Gasteiger partial charge in [-0.2, -0.15) is 13.2 Å². The summed E-state index contributed by atoms with van der Waals surface area (Å²) < 4.78 is 37.4. The number of aliphatic hydroxyl groups is 1. The van der Waals surface area contributed by atoms with Gasteiger partial charge in [-0.15, -0.1) is 0 Å². The van der Waals surface area contributed by atoms with Gasteiger partial charge in [-0.1, -0.05) is 0 Å². The number of aliphatic hydroxyl groups excluding tert-OH is 1. The zero-order valence-electron chi connectivity index (χ0n) is 11.0. The number of rotatable bonds is 5. The predicted octanol–water partition coefficient (Wildman–Crippen LogP) is 1.62. The van der Waals surface area contributed by atoms with E-state index in [4.69, 9.17) is 0 Å². The lowest BCUT2D eigenvalue weighted by Gasteiger charge is -2.31. The average Bonchev–Trinajstić information content (AvgIpc) is 2.25. The summed E-state index contributed by atoms with van der Waals surface area (Å²) >= 11 is 0. The first kappa shape index (κ1) is 15.7. The Morgan fingerprint density at radius 2 is 1.78 bits per heavy atom. The van der Waals surface area contributed by atoms with Gasteiger partial charge in [0.05, 0.1) is 12.0 Å². The molecule has 0 radical (unpaired) electrons. The third-order valence-corrected chi connectivity index (χ3v) is 3.41. The van der Waals surface area contributed by atoms with Crippen molar-refractivity contribution in [2.75, 3.05) is 27.2 Å². The standard InChI is InChI=1S/C12H23F3N2O/c1-17(2)8-11(18)7-16-10-5-3-9(4-6-10)12(13,14)15/h9-11,16,18H,3-8H2,1-2H3/t9?,10?,11-/m1/s1. The quantitative estimate of drug-likeness (QED) is 0.795. The fourth-order valence-electron chi connectivity index (χ4n) is 2.41. The highest BCUT2D eigenvalue weighted by Crippen LogP contribution is 2.37. The van der Waals surface area contributed by atoms with E-state index in [2.05, 4.69) is 5.32 Å². The molecule has 0 amide bonds. The van der Waals surface area contributed by atoms with Crippen molar-refractivity contribution in [2.24, 2.45) is 5.92 Å². The summed E-state index contributed by atoms with van der Waals surface area (Å²) in [6.45, 7) is 1.00. The van der Waals surface area contributed by atoms with E-state index in [0.29, 0.717) is 25.9 Å². The third kappa shape index (κ3) is 5.54. The highest BCUT2D eigenvalue weighted by molar-refractivity contribution is 4.81. The Bertz CT molecular complexity index is 238. The normalized spacial score (nSPS) is 27.5. The van der Waals surface area contributed by atoms with Crippen molar-refractivity contribution >= 4 is 0 Å². The second kappa shape index (κ2) is 6.73. The minimum atomic E-state index is -4.05. The number of hydrogen-bond acceptors (Lipinski definition) is 3. The van der Waals surface area contributed by atoms with Gasteiger partial charge in [0.25, 0.3) is 0 Å². The van der Waals surface area contributed by atoms with E-state index >= 15 is 0 Å². The van der Waals surface area contributed by atoms with Crippen molar-refractivity contribution in [3.63, 3.8) is 0 Å². The lowest BCUT2D eigenvalue weighted by Crippen LogP contribution is -2.42. The van der Waals surface area contributed by atoms with Crippen LogP contribution in [-0.2, 0) is 0 Å². The first-order valence-corrected chi connectivity index (χ1v) is 6.42. The van der Waals surface area contributed by atoms with E-state index in [1.54, 1.807) is 0 Å². The van der Waals surface area contributed by atoms with Crippen LogP contribution in [0, 0.1) is 5.92 Å². The van der Waals surface area contributed by atoms with Crippen molar-refractivity contribution in [1.82, 2.24) is 10.2 Å². The molecule has 0 saturated heterocycles. The maximum Gasteiger partial charge on any atom is 0.391 e. The molecule has 0 bridgehead atoms. The highest BCUT2D eigenvalue weighted by atomic mass is 19.4. The topological polar surface area (TPSA) is 35.5 Å². The number of alkyl halides is 3. The molecule has 1 atom stereocenters. The molecule has 0 aromatic rings. The zero-order valence-corrected chi connectivity index (χ0v) is 11.0. The van der Waals surface area contributed by atoms with Crippen LogP contribution in [0.3, 0.4) is 0 Å². The van der Waals surface area contributed by atoms with Crippen LogP contribution in [0.1, 0.15) is 25.7 Å². The van der Waals surface area contributed by atoms with E-state index in [-0.39, 0.29) is 18.9 Å². The van der Waals surface area contributed by atoms with Crippen LogP contribution in [-0.4, -0.2) is 55.5 Å². The minimum Gasteiger partial charge on any atom is -0.390 e. The summed E-state index contributed by atoms with van der Waals surface area (Å²) in [6.07, 6.45) is -3.04. The molecule has 1 aliphatic carbocycles. The number of nitrogens with zero attached hydrogens (tertiary/aromatic N) is 1. The van der Waals surface area contributed by atoms with Crippen LogP contribution < -0.4 is 5.32 Å². The molecule has 6 heteroatoms. The molecule has 18 heavy (non-hydrogen) atoms. The molecule has 108 valence electrons. The summed E-state index contributed by atoms with van der Waals surface area (Å²) in [5, 5.41) is 12.8. The third-order valence-electron chi connectivity index (χ3n) is 3.41. The van der Waals surface area contributed by atoms with Gasteiger partial charge in [0.1, 0.15) is 0 Å². The maximum absolute atomic E-state index is 12.5. The largest absolute Gasteiger partial charge is 0.391 e. The van der Waals surface area contributed by atoms with Gasteiger partial charge in [0.15, 0.2) is 0 Å².